The molecule has 2 unspecified atom stereocenters. The first kappa shape index (κ1) is 15.4. The van der Waals surface area contributed by atoms with Crippen molar-refractivity contribution in [2.24, 2.45) is 0 Å². The molecule has 0 N–H and O–H groups in total. The molecule has 1 aromatic carbocycles. The number of fused-ring (bicyclic) bond motifs is 1. The van der Waals surface area contributed by atoms with E-state index < -0.39 is 0 Å². The van der Waals surface area contributed by atoms with Crippen LogP contribution in [0.25, 0.3) is 11.0 Å². The molecule has 1 aliphatic heterocycles. The summed E-state index contributed by atoms with van der Waals surface area (Å²) in [6, 6.07) is 4.11. The number of halogens is 3. The van der Waals surface area contributed by atoms with Gasteiger partial charge >= 0.3 is 0 Å². The zero-order valence-electron chi connectivity index (χ0n) is 12.1. The summed E-state index contributed by atoms with van der Waals surface area (Å²) in [5, 5.41) is 0.939. The van der Waals surface area contributed by atoms with Crippen LogP contribution in [-0.2, 0) is 0 Å². The SMILES string of the molecule is CC(Cl)c1nc2cc(Cl)c(Cl)cc2n1C1CCCN(C)C1. The fourth-order valence-electron chi connectivity index (χ4n) is 3.12. The molecule has 2 atom stereocenters. The zero-order chi connectivity index (χ0) is 15.1. The van der Waals surface area contributed by atoms with Crippen LogP contribution in [0.5, 0.6) is 0 Å². The number of hydrogen-bond acceptors (Lipinski definition) is 2. The number of likely N-dealkylation sites (N-methyl/N-ethyl adjacent to an activating group) is 1. The second kappa shape index (κ2) is 5.96. The van der Waals surface area contributed by atoms with Crippen LogP contribution in [-0.4, -0.2) is 34.6 Å². The summed E-state index contributed by atoms with van der Waals surface area (Å²) < 4.78 is 2.25. The maximum Gasteiger partial charge on any atom is 0.128 e. The highest BCUT2D eigenvalue weighted by Gasteiger charge is 2.25. The Bertz CT molecular complexity index is 666. The third-order valence-corrected chi connectivity index (χ3v) is 5.00. The molecule has 2 aromatic rings. The first-order valence-corrected chi connectivity index (χ1v) is 8.36. The van der Waals surface area contributed by atoms with Crippen molar-refractivity contribution in [2.75, 3.05) is 20.1 Å². The highest BCUT2D eigenvalue weighted by molar-refractivity contribution is 6.42. The van der Waals surface area contributed by atoms with Crippen LogP contribution in [0.4, 0.5) is 0 Å². The molecule has 0 radical (unpaired) electrons. The fourth-order valence-corrected chi connectivity index (χ4v) is 3.59. The number of alkyl halides is 1. The molecule has 114 valence electrons. The average molecular weight is 347 g/mol. The number of benzene rings is 1. The zero-order valence-corrected chi connectivity index (χ0v) is 14.4. The van der Waals surface area contributed by atoms with Gasteiger partial charge < -0.3 is 9.47 Å². The molecular weight excluding hydrogens is 329 g/mol. The molecule has 21 heavy (non-hydrogen) atoms. The predicted molar refractivity (Wildman–Crippen MR) is 89.8 cm³/mol. The van der Waals surface area contributed by atoms with Gasteiger partial charge in [0.25, 0.3) is 0 Å². The maximum atomic E-state index is 6.35. The molecule has 0 spiro atoms. The minimum atomic E-state index is -0.151. The Morgan fingerprint density at radius 3 is 2.67 bits per heavy atom. The van der Waals surface area contributed by atoms with Gasteiger partial charge in [0.15, 0.2) is 0 Å². The first-order valence-electron chi connectivity index (χ1n) is 7.17. The number of aromatic nitrogens is 2. The van der Waals surface area contributed by atoms with Crippen molar-refractivity contribution in [2.45, 2.75) is 31.2 Å². The Kier molecular flexibility index (Phi) is 4.37. The summed E-state index contributed by atoms with van der Waals surface area (Å²) in [6.45, 7) is 4.10. The highest BCUT2D eigenvalue weighted by atomic mass is 35.5. The lowest BCUT2D eigenvalue weighted by molar-refractivity contribution is 0.212. The lowest BCUT2D eigenvalue weighted by atomic mass is 10.1. The third-order valence-electron chi connectivity index (χ3n) is 4.08. The average Bonchev–Trinajstić information content (AvgIpc) is 2.78. The van der Waals surface area contributed by atoms with E-state index in [2.05, 4.69) is 21.5 Å². The van der Waals surface area contributed by atoms with Crippen LogP contribution >= 0.6 is 34.8 Å². The quantitative estimate of drug-likeness (QED) is 0.720. The monoisotopic (exact) mass is 345 g/mol. The van der Waals surface area contributed by atoms with Gasteiger partial charge in [0.1, 0.15) is 5.82 Å². The topological polar surface area (TPSA) is 21.1 Å². The Balaban J connectivity index is 2.17. The van der Waals surface area contributed by atoms with E-state index in [0.717, 1.165) is 36.4 Å². The number of rotatable bonds is 2. The smallest absolute Gasteiger partial charge is 0.128 e. The second-order valence-electron chi connectivity index (χ2n) is 5.77. The number of nitrogens with zero attached hydrogens (tertiary/aromatic N) is 3. The second-order valence-corrected chi connectivity index (χ2v) is 7.24. The van der Waals surface area contributed by atoms with Gasteiger partial charge in [-0.15, -0.1) is 11.6 Å². The number of likely N-dealkylation sites (tertiary alicyclic amines) is 1. The molecule has 0 saturated carbocycles. The molecule has 0 bridgehead atoms. The van der Waals surface area contributed by atoms with E-state index in [9.17, 15) is 0 Å². The molecule has 1 aliphatic rings. The van der Waals surface area contributed by atoms with Crippen LogP contribution in [0.1, 0.15) is 37.0 Å². The van der Waals surface area contributed by atoms with Crippen LogP contribution in [0, 0.1) is 0 Å². The lowest BCUT2D eigenvalue weighted by Gasteiger charge is -2.32. The van der Waals surface area contributed by atoms with Gasteiger partial charge in [-0.3, -0.25) is 0 Å². The van der Waals surface area contributed by atoms with Crippen LogP contribution in [0.15, 0.2) is 12.1 Å². The summed E-state index contributed by atoms with van der Waals surface area (Å²) >= 11 is 18.7. The molecule has 6 heteroatoms. The third kappa shape index (κ3) is 2.89. The first-order chi connectivity index (χ1) is 9.97. The van der Waals surface area contributed by atoms with E-state index in [1.165, 1.54) is 6.42 Å². The van der Waals surface area contributed by atoms with Crippen molar-refractivity contribution >= 4 is 45.8 Å². The van der Waals surface area contributed by atoms with Gasteiger partial charge in [0.2, 0.25) is 0 Å². The number of piperidine rings is 1. The largest absolute Gasteiger partial charge is 0.322 e. The van der Waals surface area contributed by atoms with Crippen molar-refractivity contribution in [3.63, 3.8) is 0 Å². The molecular formula is C15H18Cl3N3. The van der Waals surface area contributed by atoms with Gasteiger partial charge in [-0.05, 0) is 45.5 Å². The molecule has 3 nitrogen and oxygen atoms in total. The molecule has 1 saturated heterocycles. The van der Waals surface area contributed by atoms with Crippen LogP contribution < -0.4 is 0 Å². The predicted octanol–water partition coefficient (Wildman–Crippen LogP) is 4.91. The Labute approximate surface area is 139 Å². The molecule has 0 aliphatic carbocycles. The number of imidazole rings is 1. The van der Waals surface area contributed by atoms with E-state index in [1.807, 2.05) is 19.1 Å². The molecule has 3 rings (SSSR count). The minimum Gasteiger partial charge on any atom is -0.322 e. The molecule has 1 fully saturated rings. The standard InChI is InChI=1S/C15H18Cl3N3/c1-9(16)15-19-13-6-11(17)12(18)7-14(13)21(15)10-4-3-5-20(2)8-10/h6-7,9-10H,3-5,8H2,1-2H3. The summed E-state index contributed by atoms with van der Waals surface area (Å²) in [5.41, 5.74) is 1.88. The van der Waals surface area contributed by atoms with Crippen molar-refractivity contribution in [1.29, 1.82) is 0 Å². The Morgan fingerprint density at radius 2 is 2.00 bits per heavy atom. The maximum absolute atomic E-state index is 6.35. The van der Waals surface area contributed by atoms with Gasteiger partial charge in [-0.1, -0.05) is 23.2 Å². The lowest BCUT2D eigenvalue weighted by Crippen LogP contribution is -2.34. The minimum absolute atomic E-state index is 0.151. The summed E-state index contributed by atoms with van der Waals surface area (Å²) in [6.07, 6.45) is 2.31. The molecule has 0 amide bonds. The van der Waals surface area contributed by atoms with Crippen molar-refractivity contribution in [3.8, 4) is 0 Å². The van der Waals surface area contributed by atoms with E-state index in [-0.39, 0.29) is 5.38 Å². The van der Waals surface area contributed by atoms with Crippen LogP contribution in [0.3, 0.4) is 0 Å². The van der Waals surface area contributed by atoms with Crippen molar-refractivity contribution < 1.29 is 0 Å². The summed E-state index contributed by atoms with van der Waals surface area (Å²) in [5.74, 6) is 0.894. The van der Waals surface area contributed by atoms with E-state index in [4.69, 9.17) is 34.8 Å². The summed E-state index contributed by atoms with van der Waals surface area (Å²) in [7, 11) is 2.15. The van der Waals surface area contributed by atoms with Gasteiger partial charge in [-0.2, -0.15) is 0 Å². The summed E-state index contributed by atoms with van der Waals surface area (Å²) in [4.78, 5) is 7.03. The van der Waals surface area contributed by atoms with Gasteiger partial charge in [-0.25, -0.2) is 4.98 Å². The van der Waals surface area contributed by atoms with E-state index >= 15 is 0 Å². The molecule has 2 heterocycles. The van der Waals surface area contributed by atoms with E-state index in [1.54, 1.807) is 0 Å². The fraction of sp³-hybridized carbons (Fsp3) is 0.533. The van der Waals surface area contributed by atoms with E-state index in [0.29, 0.717) is 16.1 Å². The molecule has 1 aromatic heterocycles. The van der Waals surface area contributed by atoms with Gasteiger partial charge in [0.05, 0.1) is 26.5 Å². The normalized spacial score (nSPS) is 21.9. The van der Waals surface area contributed by atoms with Crippen molar-refractivity contribution in [1.82, 2.24) is 14.5 Å². The number of hydrogen-bond donors (Lipinski definition) is 0. The Morgan fingerprint density at radius 1 is 1.29 bits per heavy atom. The highest BCUT2D eigenvalue weighted by Crippen LogP contribution is 2.35. The van der Waals surface area contributed by atoms with Crippen LogP contribution in [0.2, 0.25) is 10.0 Å². The van der Waals surface area contributed by atoms with Gasteiger partial charge in [0, 0.05) is 12.6 Å². The Hall–Kier alpha value is -0.480. The van der Waals surface area contributed by atoms with Crippen molar-refractivity contribution in [3.05, 3.63) is 28.0 Å².